The minimum Gasteiger partial charge on any atom is -0.504 e. The predicted octanol–water partition coefficient (Wildman–Crippen LogP) is 1.83. The minimum absolute atomic E-state index is 0.0474. The van der Waals surface area contributed by atoms with Crippen LogP contribution < -0.4 is 10.5 Å². The fourth-order valence-electron chi connectivity index (χ4n) is 1.26. The molecule has 4 nitrogen and oxygen atoms in total. The largest absolute Gasteiger partial charge is 0.504 e. The van der Waals surface area contributed by atoms with Crippen molar-refractivity contribution in [1.29, 1.82) is 0 Å². The van der Waals surface area contributed by atoms with Crippen molar-refractivity contribution >= 4 is 21.7 Å². The monoisotopic (exact) mass is 291 g/mol. The van der Waals surface area contributed by atoms with E-state index in [0.717, 1.165) is 0 Å². The van der Waals surface area contributed by atoms with Crippen molar-refractivity contribution in [3.05, 3.63) is 21.9 Å². The molecule has 0 aliphatic carbocycles. The highest BCUT2D eigenvalue weighted by atomic mass is 79.9. The number of benzene rings is 1. The lowest BCUT2D eigenvalue weighted by atomic mass is 10.1. The zero-order valence-electron chi connectivity index (χ0n) is 8.59. The summed E-state index contributed by atoms with van der Waals surface area (Å²) in [5, 5.41) is 9.49. The van der Waals surface area contributed by atoms with Gasteiger partial charge < -0.3 is 15.6 Å². The fraction of sp³-hybridized carbons (Fsp3) is 0.300. The molecule has 0 aromatic heterocycles. The summed E-state index contributed by atoms with van der Waals surface area (Å²) < 4.78 is 18.5. The van der Waals surface area contributed by atoms with E-state index in [-0.39, 0.29) is 28.8 Å². The zero-order valence-corrected chi connectivity index (χ0v) is 10.2. The Hall–Kier alpha value is -1.14. The summed E-state index contributed by atoms with van der Waals surface area (Å²) in [6, 6.07) is 1.31. The van der Waals surface area contributed by atoms with Gasteiger partial charge in [0.15, 0.2) is 17.3 Å². The standard InChI is InChI=1S/C10H11BrFNO3/c1-16-10-6(11)4-5(7(14)2-3-13)9(15)8(10)12/h4,15H,2-3,13H2,1H3. The topological polar surface area (TPSA) is 72.5 Å². The maximum absolute atomic E-state index is 13.5. The highest BCUT2D eigenvalue weighted by Crippen LogP contribution is 2.36. The summed E-state index contributed by atoms with van der Waals surface area (Å²) in [4.78, 5) is 11.5. The van der Waals surface area contributed by atoms with E-state index in [9.17, 15) is 14.3 Å². The molecule has 0 amide bonds. The third-order valence-electron chi connectivity index (χ3n) is 2.03. The second kappa shape index (κ2) is 5.27. The third kappa shape index (κ3) is 2.33. The Kier molecular flexibility index (Phi) is 4.26. The van der Waals surface area contributed by atoms with Gasteiger partial charge in [0.1, 0.15) is 0 Å². The van der Waals surface area contributed by atoms with Gasteiger partial charge in [0.2, 0.25) is 5.82 Å². The number of hydrogen-bond acceptors (Lipinski definition) is 4. The molecular formula is C10H11BrFNO3. The number of Topliss-reactive ketones (excluding diaryl/α,β-unsaturated/α-hetero) is 1. The number of halogens is 2. The first kappa shape index (κ1) is 12.9. The smallest absolute Gasteiger partial charge is 0.208 e. The maximum atomic E-state index is 13.5. The fourth-order valence-corrected chi connectivity index (χ4v) is 1.82. The lowest BCUT2D eigenvalue weighted by molar-refractivity contribution is 0.0982. The molecule has 0 unspecified atom stereocenters. The molecule has 0 saturated carbocycles. The number of methoxy groups -OCH3 is 1. The van der Waals surface area contributed by atoms with Gasteiger partial charge in [0.05, 0.1) is 17.1 Å². The van der Waals surface area contributed by atoms with Crippen LogP contribution in [0, 0.1) is 5.82 Å². The van der Waals surface area contributed by atoms with Crippen molar-refractivity contribution in [2.24, 2.45) is 5.73 Å². The molecule has 0 saturated heterocycles. The molecule has 0 radical (unpaired) electrons. The van der Waals surface area contributed by atoms with Crippen LogP contribution in [0.25, 0.3) is 0 Å². The van der Waals surface area contributed by atoms with E-state index in [4.69, 9.17) is 10.5 Å². The number of ketones is 1. The Morgan fingerprint density at radius 1 is 1.69 bits per heavy atom. The van der Waals surface area contributed by atoms with Crippen LogP contribution in [0.4, 0.5) is 4.39 Å². The molecule has 3 N–H and O–H groups in total. The number of carbonyl (C=O) groups excluding carboxylic acids is 1. The van der Waals surface area contributed by atoms with Crippen LogP contribution in [0.3, 0.4) is 0 Å². The Balaban J connectivity index is 3.28. The van der Waals surface area contributed by atoms with Gasteiger partial charge in [-0.1, -0.05) is 0 Å². The van der Waals surface area contributed by atoms with Gasteiger partial charge >= 0.3 is 0 Å². The van der Waals surface area contributed by atoms with Crippen molar-refractivity contribution < 1.29 is 19.0 Å². The molecule has 0 fully saturated rings. The van der Waals surface area contributed by atoms with Crippen LogP contribution in [-0.4, -0.2) is 24.5 Å². The Bertz CT molecular complexity index is 423. The number of ether oxygens (including phenoxy) is 1. The van der Waals surface area contributed by atoms with Crippen LogP contribution in [0.1, 0.15) is 16.8 Å². The molecule has 0 bridgehead atoms. The molecule has 0 heterocycles. The second-order valence-electron chi connectivity index (χ2n) is 3.06. The summed E-state index contributed by atoms with van der Waals surface area (Å²) in [5.41, 5.74) is 5.12. The molecule has 1 rings (SSSR count). The molecule has 16 heavy (non-hydrogen) atoms. The minimum atomic E-state index is -0.961. The zero-order chi connectivity index (χ0) is 12.3. The lowest BCUT2D eigenvalue weighted by Crippen LogP contribution is -2.09. The van der Waals surface area contributed by atoms with Gasteiger partial charge in [-0.05, 0) is 28.5 Å². The molecule has 6 heteroatoms. The average molecular weight is 292 g/mol. The third-order valence-corrected chi connectivity index (χ3v) is 2.62. The average Bonchev–Trinajstić information content (AvgIpc) is 2.24. The van der Waals surface area contributed by atoms with Crippen LogP contribution in [-0.2, 0) is 0 Å². The number of rotatable bonds is 4. The first-order chi connectivity index (χ1) is 7.52. The SMILES string of the molecule is COc1c(Br)cc(C(=O)CCN)c(O)c1F. The summed E-state index contributed by atoms with van der Waals surface area (Å²) in [6.07, 6.45) is 0.0474. The summed E-state index contributed by atoms with van der Waals surface area (Å²) >= 11 is 3.05. The van der Waals surface area contributed by atoms with E-state index in [1.807, 2.05) is 0 Å². The van der Waals surface area contributed by atoms with E-state index >= 15 is 0 Å². The number of phenols is 1. The second-order valence-corrected chi connectivity index (χ2v) is 3.92. The first-order valence-electron chi connectivity index (χ1n) is 4.51. The van der Waals surface area contributed by atoms with E-state index < -0.39 is 17.3 Å². The highest BCUT2D eigenvalue weighted by Gasteiger charge is 2.20. The van der Waals surface area contributed by atoms with Crippen LogP contribution in [0.15, 0.2) is 10.5 Å². The number of nitrogens with two attached hydrogens (primary N) is 1. The molecule has 88 valence electrons. The van der Waals surface area contributed by atoms with Gasteiger partial charge in [0, 0.05) is 6.42 Å². The number of aromatic hydroxyl groups is 1. The summed E-state index contributed by atoms with van der Waals surface area (Å²) in [5.74, 6) is -2.22. The van der Waals surface area contributed by atoms with Gasteiger partial charge in [-0.2, -0.15) is 4.39 Å². The molecular weight excluding hydrogens is 281 g/mol. The van der Waals surface area contributed by atoms with Gasteiger partial charge in [-0.3, -0.25) is 4.79 Å². The lowest BCUT2D eigenvalue weighted by Gasteiger charge is -2.10. The Morgan fingerprint density at radius 2 is 2.31 bits per heavy atom. The van der Waals surface area contributed by atoms with Crippen molar-refractivity contribution in [3.8, 4) is 11.5 Å². The van der Waals surface area contributed by atoms with E-state index in [0.29, 0.717) is 0 Å². The van der Waals surface area contributed by atoms with Crippen molar-refractivity contribution in [2.75, 3.05) is 13.7 Å². The highest BCUT2D eigenvalue weighted by molar-refractivity contribution is 9.10. The molecule has 1 aromatic rings. The number of hydrogen-bond donors (Lipinski definition) is 2. The Labute approximate surface area is 100 Å². The molecule has 0 atom stereocenters. The van der Waals surface area contributed by atoms with E-state index in [2.05, 4.69) is 15.9 Å². The number of phenolic OH excluding ortho intramolecular Hbond substituents is 1. The van der Waals surface area contributed by atoms with Crippen LogP contribution in [0.5, 0.6) is 11.5 Å². The maximum Gasteiger partial charge on any atom is 0.208 e. The summed E-state index contributed by atoms with van der Waals surface area (Å²) in [6.45, 7) is 0.142. The molecule has 0 aliphatic heterocycles. The van der Waals surface area contributed by atoms with E-state index in [1.54, 1.807) is 0 Å². The molecule has 0 spiro atoms. The molecule has 1 aromatic carbocycles. The Morgan fingerprint density at radius 3 is 2.81 bits per heavy atom. The van der Waals surface area contributed by atoms with Crippen molar-refractivity contribution in [2.45, 2.75) is 6.42 Å². The van der Waals surface area contributed by atoms with Crippen molar-refractivity contribution in [1.82, 2.24) is 0 Å². The quantitative estimate of drug-likeness (QED) is 0.830. The molecule has 0 aliphatic rings. The van der Waals surface area contributed by atoms with Crippen LogP contribution in [0.2, 0.25) is 0 Å². The number of carbonyl (C=O) groups is 1. The van der Waals surface area contributed by atoms with Gasteiger partial charge in [0.25, 0.3) is 0 Å². The first-order valence-corrected chi connectivity index (χ1v) is 5.30. The van der Waals surface area contributed by atoms with Crippen molar-refractivity contribution in [3.63, 3.8) is 0 Å². The normalized spacial score (nSPS) is 10.2. The predicted molar refractivity (Wildman–Crippen MR) is 60.3 cm³/mol. The van der Waals surface area contributed by atoms with Gasteiger partial charge in [-0.15, -0.1) is 0 Å². The van der Waals surface area contributed by atoms with Gasteiger partial charge in [-0.25, -0.2) is 0 Å². The van der Waals surface area contributed by atoms with Crippen LogP contribution >= 0.6 is 15.9 Å². The van der Waals surface area contributed by atoms with E-state index in [1.165, 1.54) is 13.2 Å². The summed E-state index contributed by atoms with van der Waals surface area (Å²) in [7, 11) is 1.27.